The number of amides is 1. The van der Waals surface area contributed by atoms with Crippen molar-refractivity contribution in [2.24, 2.45) is 11.8 Å². The van der Waals surface area contributed by atoms with Crippen molar-refractivity contribution in [2.75, 3.05) is 0 Å². The van der Waals surface area contributed by atoms with E-state index in [1.165, 1.54) is 0 Å². The molecule has 0 saturated carbocycles. The summed E-state index contributed by atoms with van der Waals surface area (Å²) in [6, 6.07) is -1.76. The van der Waals surface area contributed by atoms with Crippen LogP contribution >= 0.6 is 0 Å². The molecule has 1 fully saturated rings. The van der Waals surface area contributed by atoms with Crippen molar-refractivity contribution in [3.63, 3.8) is 0 Å². The molecule has 1 heterocycles. The first kappa shape index (κ1) is 19.0. The summed E-state index contributed by atoms with van der Waals surface area (Å²) in [5.41, 5.74) is -0.121. The van der Waals surface area contributed by atoms with Gasteiger partial charge in [0.2, 0.25) is 0 Å². The second-order valence-corrected chi connectivity index (χ2v) is 7.05. The maximum absolute atomic E-state index is 12.4. The number of carbonyl (C=O) groups is 3. The summed E-state index contributed by atoms with van der Waals surface area (Å²) in [7, 11) is 0. The third-order valence-corrected chi connectivity index (χ3v) is 3.96. The van der Waals surface area contributed by atoms with Gasteiger partial charge in [0.1, 0.15) is 11.6 Å². The molecule has 2 N–H and O–H groups in total. The molecule has 0 aliphatic carbocycles. The number of rotatable bonds is 4. The molecule has 1 aliphatic heterocycles. The molecule has 0 radical (unpaired) electrons. The smallest absolute Gasteiger partial charge is 0.411 e. The quantitative estimate of drug-likeness (QED) is 0.768. The van der Waals surface area contributed by atoms with Gasteiger partial charge < -0.3 is 14.9 Å². The molecule has 1 aliphatic rings. The summed E-state index contributed by atoms with van der Waals surface area (Å²) in [5, 5.41) is 18.7. The predicted octanol–water partition coefficient (Wildman–Crippen LogP) is 2.36. The highest BCUT2D eigenvalue weighted by molar-refractivity contribution is 5.83. The largest absolute Gasteiger partial charge is 0.481 e. The Bertz CT molecular complexity index is 521. The fourth-order valence-electron chi connectivity index (χ4n) is 3.30. The van der Waals surface area contributed by atoms with Gasteiger partial charge in [-0.3, -0.25) is 9.69 Å². The highest BCUT2D eigenvalue weighted by Crippen LogP contribution is 2.42. The predicted molar refractivity (Wildman–Crippen MR) is 83.0 cm³/mol. The Morgan fingerprint density at radius 2 is 1.74 bits per heavy atom. The van der Waals surface area contributed by atoms with Crippen molar-refractivity contribution in [3.05, 3.63) is 12.2 Å². The van der Waals surface area contributed by atoms with E-state index in [0.29, 0.717) is 5.57 Å². The van der Waals surface area contributed by atoms with E-state index in [4.69, 9.17) is 9.84 Å². The summed E-state index contributed by atoms with van der Waals surface area (Å²) in [6.45, 7) is 12.3. The molecule has 1 saturated heterocycles. The summed E-state index contributed by atoms with van der Waals surface area (Å²) in [4.78, 5) is 36.5. The molecule has 1 amide bonds. The van der Waals surface area contributed by atoms with Crippen LogP contribution in [0.2, 0.25) is 0 Å². The third-order valence-electron chi connectivity index (χ3n) is 3.96. The summed E-state index contributed by atoms with van der Waals surface area (Å²) in [6.07, 6.45) is -1.10. The Hall–Kier alpha value is -2.05. The highest BCUT2D eigenvalue weighted by Gasteiger charge is 2.54. The Morgan fingerprint density at radius 3 is 2.09 bits per heavy atom. The molecule has 1 rings (SSSR count). The number of ether oxygens (including phenoxy) is 1. The number of nitrogens with zero attached hydrogens (tertiary/aromatic N) is 1. The van der Waals surface area contributed by atoms with Crippen LogP contribution in [0.4, 0.5) is 4.79 Å². The Balaban J connectivity index is 3.27. The minimum atomic E-state index is -1.25. The van der Waals surface area contributed by atoms with E-state index in [0.717, 1.165) is 4.90 Å². The monoisotopic (exact) mass is 327 g/mol. The molecule has 0 spiro atoms. The van der Waals surface area contributed by atoms with Gasteiger partial charge in [0.15, 0.2) is 0 Å². The van der Waals surface area contributed by atoms with E-state index in [9.17, 15) is 19.5 Å². The first-order valence-electron chi connectivity index (χ1n) is 7.48. The SMILES string of the molecule is C=C(C)[C@@H]1[C@H](CC(=O)O)[C@@H](C(=O)O)N(C(=O)OC(C)(C)C)[C@@H]1C. The Kier molecular flexibility index (Phi) is 5.45. The zero-order valence-corrected chi connectivity index (χ0v) is 14.2. The lowest BCUT2D eigenvalue weighted by Gasteiger charge is -2.30. The van der Waals surface area contributed by atoms with E-state index >= 15 is 0 Å². The van der Waals surface area contributed by atoms with Crippen LogP contribution in [0.15, 0.2) is 12.2 Å². The maximum atomic E-state index is 12.4. The zero-order valence-electron chi connectivity index (χ0n) is 14.2. The van der Waals surface area contributed by atoms with Crippen LogP contribution in [0.25, 0.3) is 0 Å². The number of aliphatic carboxylic acids is 2. The molecule has 23 heavy (non-hydrogen) atoms. The fraction of sp³-hybridized carbons (Fsp3) is 0.688. The Morgan fingerprint density at radius 1 is 1.22 bits per heavy atom. The molecular weight excluding hydrogens is 302 g/mol. The number of carbonyl (C=O) groups excluding carboxylic acids is 1. The normalized spacial score (nSPS) is 27.6. The summed E-state index contributed by atoms with van der Waals surface area (Å²) < 4.78 is 5.30. The third kappa shape index (κ3) is 4.24. The first-order valence-corrected chi connectivity index (χ1v) is 7.48. The van der Waals surface area contributed by atoms with E-state index in [1.807, 2.05) is 0 Å². The van der Waals surface area contributed by atoms with Crippen molar-refractivity contribution in [1.29, 1.82) is 0 Å². The second-order valence-electron chi connectivity index (χ2n) is 7.05. The lowest BCUT2D eigenvalue weighted by molar-refractivity contribution is -0.145. The van der Waals surface area contributed by atoms with Crippen molar-refractivity contribution < 1.29 is 29.3 Å². The molecule has 130 valence electrons. The van der Waals surface area contributed by atoms with Gasteiger partial charge in [-0.15, -0.1) is 0 Å². The Labute approximate surface area is 135 Å². The molecule has 7 nitrogen and oxygen atoms in total. The molecule has 0 unspecified atom stereocenters. The highest BCUT2D eigenvalue weighted by atomic mass is 16.6. The van der Waals surface area contributed by atoms with E-state index in [-0.39, 0.29) is 6.42 Å². The van der Waals surface area contributed by atoms with Crippen molar-refractivity contribution in [1.82, 2.24) is 4.90 Å². The molecule has 0 aromatic heterocycles. The molecule has 0 aromatic carbocycles. The van der Waals surface area contributed by atoms with Gasteiger partial charge in [0, 0.05) is 17.9 Å². The fourth-order valence-corrected chi connectivity index (χ4v) is 3.30. The van der Waals surface area contributed by atoms with Gasteiger partial charge in [-0.05, 0) is 34.6 Å². The first-order chi connectivity index (χ1) is 10.4. The van der Waals surface area contributed by atoms with Crippen LogP contribution in [0.5, 0.6) is 0 Å². The average Bonchev–Trinajstić information content (AvgIpc) is 2.58. The van der Waals surface area contributed by atoms with Crippen LogP contribution in [-0.2, 0) is 14.3 Å². The van der Waals surface area contributed by atoms with Crippen LogP contribution in [0.1, 0.15) is 41.0 Å². The molecule has 0 aromatic rings. The maximum Gasteiger partial charge on any atom is 0.411 e. The lowest BCUT2D eigenvalue weighted by Crippen LogP contribution is -2.48. The number of hydrogen-bond acceptors (Lipinski definition) is 4. The van der Waals surface area contributed by atoms with Crippen LogP contribution in [0.3, 0.4) is 0 Å². The topological polar surface area (TPSA) is 104 Å². The number of hydrogen-bond donors (Lipinski definition) is 2. The van der Waals surface area contributed by atoms with Gasteiger partial charge in [0.25, 0.3) is 0 Å². The van der Waals surface area contributed by atoms with E-state index in [1.54, 1.807) is 34.6 Å². The van der Waals surface area contributed by atoms with Crippen LogP contribution < -0.4 is 0 Å². The van der Waals surface area contributed by atoms with Gasteiger partial charge in [-0.25, -0.2) is 9.59 Å². The van der Waals surface area contributed by atoms with Crippen molar-refractivity contribution in [2.45, 2.75) is 58.7 Å². The van der Waals surface area contributed by atoms with Crippen LogP contribution in [0, 0.1) is 11.8 Å². The molecule has 7 heteroatoms. The average molecular weight is 327 g/mol. The van der Waals surface area contributed by atoms with Crippen LogP contribution in [-0.4, -0.2) is 50.8 Å². The van der Waals surface area contributed by atoms with Gasteiger partial charge in [-0.2, -0.15) is 0 Å². The number of likely N-dealkylation sites (tertiary alicyclic amines) is 1. The molecular formula is C16H25NO6. The lowest BCUT2D eigenvalue weighted by atomic mass is 9.81. The summed E-state index contributed by atoms with van der Waals surface area (Å²) >= 11 is 0. The second kappa shape index (κ2) is 6.60. The van der Waals surface area contributed by atoms with Gasteiger partial charge >= 0.3 is 18.0 Å². The van der Waals surface area contributed by atoms with Crippen molar-refractivity contribution >= 4 is 18.0 Å². The minimum absolute atomic E-state index is 0.349. The minimum Gasteiger partial charge on any atom is -0.481 e. The van der Waals surface area contributed by atoms with Crippen molar-refractivity contribution in [3.8, 4) is 0 Å². The van der Waals surface area contributed by atoms with E-state index < -0.39 is 47.6 Å². The standard InChI is InChI=1S/C16H25NO6/c1-8(2)12-9(3)17(15(22)23-16(4,5)6)13(14(20)21)10(12)7-11(18)19/h9-10,12-13H,1,7H2,2-6H3,(H,18,19)(H,20,21)/t9-,10+,12+,13+/m1/s1. The molecule has 4 atom stereocenters. The number of carboxylic acids is 2. The van der Waals surface area contributed by atoms with Gasteiger partial charge in [-0.1, -0.05) is 12.2 Å². The molecule has 0 bridgehead atoms. The zero-order chi connectivity index (χ0) is 18.1. The summed E-state index contributed by atoms with van der Waals surface area (Å²) in [5.74, 6) is -3.51. The van der Waals surface area contributed by atoms with Gasteiger partial charge in [0.05, 0.1) is 6.42 Å². The number of carboxylic acid groups (broad SMARTS) is 2. The van der Waals surface area contributed by atoms with E-state index in [2.05, 4.69) is 6.58 Å².